The number of nitrogens with one attached hydrogen (secondary N) is 1. The van der Waals surface area contributed by atoms with Crippen LogP contribution in [0.3, 0.4) is 0 Å². The van der Waals surface area contributed by atoms with Crippen LogP contribution in [0.4, 0.5) is 15.2 Å². The maximum Gasteiger partial charge on any atom is 0.257 e. The number of rotatable bonds is 5. The van der Waals surface area contributed by atoms with E-state index in [1.807, 2.05) is 4.90 Å². The molecule has 1 N–H and O–H groups in total. The van der Waals surface area contributed by atoms with Gasteiger partial charge in [-0.25, -0.2) is 9.37 Å². The summed E-state index contributed by atoms with van der Waals surface area (Å²) in [7, 11) is 1.58. The van der Waals surface area contributed by atoms with E-state index in [1.54, 1.807) is 43.5 Å². The molecular formula is C26H27FN4O3S. The van der Waals surface area contributed by atoms with E-state index in [4.69, 9.17) is 4.74 Å². The van der Waals surface area contributed by atoms with Crippen molar-refractivity contribution in [2.45, 2.75) is 25.2 Å². The molecule has 0 saturated carbocycles. The van der Waals surface area contributed by atoms with Gasteiger partial charge in [0.2, 0.25) is 5.91 Å². The van der Waals surface area contributed by atoms with Crippen LogP contribution in [0.25, 0.3) is 0 Å². The van der Waals surface area contributed by atoms with Crippen molar-refractivity contribution in [1.29, 1.82) is 0 Å². The number of nitrogens with zero attached hydrogens (tertiary/aromatic N) is 3. The number of aromatic nitrogens is 1. The van der Waals surface area contributed by atoms with Crippen molar-refractivity contribution in [3.8, 4) is 5.75 Å². The second kappa shape index (κ2) is 10.0. The third-order valence-electron chi connectivity index (χ3n) is 6.61. The van der Waals surface area contributed by atoms with Crippen LogP contribution < -0.4 is 15.0 Å². The number of benzene rings is 2. The summed E-state index contributed by atoms with van der Waals surface area (Å²) >= 11 is 1.46. The summed E-state index contributed by atoms with van der Waals surface area (Å²) in [5, 5.41) is 3.41. The topological polar surface area (TPSA) is 74.8 Å². The molecule has 35 heavy (non-hydrogen) atoms. The van der Waals surface area contributed by atoms with Gasteiger partial charge in [0, 0.05) is 42.3 Å². The summed E-state index contributed by atoms with van der Waals surface area (Å²) in [5.41, 5.74) is 2.29. The van der Waals surface area contributed by atoms with E-state index in [1.165, 1.54) is 23.5 Å². The Bertz CT molecular complexity index is 1200. The molecule has 0 spiro atoms. The van der Waals surface area contributed by atoms with Crippen LogP contribution in [0.1, 0.15) is 39.7 Å². The number of aryl methyl sites for hydroxylation is 1. The molecular weight excluding hydrogens is 467 g/mol. The fraction of sp³-hybridized carbons (Fsp3) is 0.346. The molecule has 2 amide bonds. The molecule has 3 aromatic rings. The Morgan fingerprint density at radius 1 is 1.06 bits per heavy atom. The lowest BCUT2D eigenvalue weighted by molar-refractivity contribution is -0.133. The number of halogens is 1. The van der Waals surface area contributed by atoms with Crippen LogP contribution in [0, 0.1) is 5.82 Å². The molecule has 182 valence electrons. The van der Waals surface area contributed by atoms with Crippen molar-refractivity contribution in [3.63, 3.8) is 0 Å². The normalized spacial score (nSPS) is 17.6. The Morgan fingerprint density at radius 2 is 1.77 bits per heavy atom. The highest BCUT2D eigenvalue weighted by Gasteiger charge is 2.34. The third kappa shape index (κ3) is 5.00. The quantitative estimate of drug-likeness (QED) is 0.572. The summed E-state index contributed by atoms with van der Waals surface area (Å²) in [6.07, 6.45) is 2.56. The van der Waals surface area contributed by atoms with Gasteiger partial charge in [-0.1, -0.05) is 0 Å². The Balaban J connectivity index is 1.24. The third-order valence-corrected chi connectivity index (χ3v) is 7.65. The summed E-state index contributed by atoms with van der Waals surface area (Å²) in [6, 6.07) is 13.4. The molecule has 7 nitrogen and oxygen atoms in total. The van der Waals surface area contributed by atoms with Crippen LogP contribution in [-0.4, -0.2) is 55.0 Å². The number of methoxy groups -OCH3 is 1. The maximum atomic E-state index is 13.4. The van der Waals surface area contributed by atoms with Crippen molar-refractivity contribution < 1.29 is 18.7 Å². The maximum absolute atomic E-state index is 13.4. The van der Waals surface area contributed by atoms with E-state index in [-0.39, 0.29) is 23.5 Å². The first-order chi connectivity index (χ1) is 17.0. The predicted molar refractivity (Wildman–Crippen MR) is 134 cm³/mol. The van der Waals surface area contributed by atoms with Gasteiger partial charge in [-0.3, -0.25) is 14.9 Å². The predicted octanol–water partition coefficient (Wildman–Crippen LogP) is 4.31. The van der Waals surface area contributed by atoms with Crippen molar-refractivity contribution in [3.05, 3.63) is 70.5 Å². The van der Waals surface area contributed by atoms with Gasteiger partial charge in [-0.2, -0.15) is 0 Å². The molecule has 1 aliphatic heterocycles. The number of carbonyl (C=O) groups excluding carboxylic acids is 2. The fourth-order valence-corrected chi connectivity index (χ4v) is 5.74. The zero-order valence-corrected chi connectivity index (χ0v) is 20.3. The number of amides is 2. The molecule has 1 fully saturated rings. The lowest BCUT2D eigenvalue weighted by Crippen LogP contribution is -2.50. The first-order valence-corrected chi connectivity index (χ1v) is 12.6. The summed E-state index contributed by atoms with van der Waals surface area (Å²) < 4.78 is 18.4. The Hall–Kier alpha value is -3.46. The lowest BCUT2D eigenvalue weighted by Gasteiger charge is -2.38. The summed E-state index contributed by atoms with van der Waals surface area (Å²) in [6.45, 7) is 2.65. The monoisotopic (exact) mass is 494 g/mol. The molecule has 0 radical (unpaired) electrons. The molecule has 1 aromatic heterocycles. The van der Waals surface area contributed by atoms with Crippen LogP contribution >= 0.6 is 11.3 Å². The Morgan fingerprint density at radius 3 is 2.46 bits per heavy atom. The standard InChI is InChI=1S/C26H27FN4O3S/c1-34-20-11-5-17(6-12-20)24(32)29-26-28-23-21(3-2-4-22(23)35-26)25(33)31-15-13-30(14-16-31)19-9-7-18(27)8-10-19/h5-12,21H,2-4,13-16H2,1H3,(H,28,29,32). The zero-order chi connectivity index (χ0) is 24.4. The number of ether oxygens (including phenoxy) is 1. The van der Waals surface area contributed by atoms with Gasteiger partial charge in [-0.15, -0.1) is 11.3 Å². The number of thiazole rings is 1. The van der Waals surface area contributed by atoms with Crippen LogP contribution in [0.5, 0.6) is 5.75 Å². The van der Waals surface area contributed by atoms with Gasteiger partial charge in [0.25, 0.3) is 5.91 Å². The fourth-order valence-electron chi connectivity index (χ4n) is 4.68. The Labute approximate surface area is 207 Å². The average Bonchev–Trinajstić information content (AvgIpc) is 3.31. The van der Waals surface area contributed by atoms with E-state index < -0.39 is 0 Å². The largest absolute Gasteiger partial charge is 0.497 e. The van der Waals surface area contributed by atoms with E-state index >= 15 is 0 Å². The number of hydrogen-bond acceptors (Lipinski definition) is 6. The number of fused-ring (bicyclic) bond motifs is 1. The second-order valence-corrected chi connectivity index (χ2v) is 9.83. The number of piperazine rings is 1. The summed E-state index contributed by atoms with van der Waals surface area (Å²) in [4.78, 5) is 36.0. The second-order valence-electron chi connectivity index (χ2n) is 8.74. The highest BCUT2D eigenvalue weighted by Crippen LogP contribution is 2.38. The number of hydrogen-bond donors (Lipinski definition) is 1. The molecule has 2 aliphatic rings. The van der Waals surface area contributed by atoms with Gasteiger partial charge in [0.05, 0.1) is 18.7 Å². The average molecular weight is 495 g/mol. The van der Waals surface area contributed by atoms with Crippen LogP contribution in [0.2, 0.25) is 0 Å². The Kier molecular flexibility index (Phi) is 6.68. The van der Waals surface area contributed by atoms with Crippen LogP contribution in [0.15, 0.2) is 48.5 Å². The van der Waals surface area contributed by atoms with Crippen molar-refractivity contribution in [1.82, 2.24) is 9.88 Å². The molecule has 2 aromatic carbocycles. The first kappa shape index (κ1) is 23.3. The van der Waals surface area contributed by atoms with Crippen molar-refractivity contribution >= 4 is 34.0 Å². The van der Waals surface area contributed by atoms with Gasteiger partial charge in [0.15, 0.2) is 5.13 Å². The van der Waals surface area contributed by atoms with Crippen LogP contribution in [-0.2, 0) is 11.2 Å². The molecule has 1 unspecified atom stereocenters. The number of anilines is 2. The van der Waals surface area contributed by atoms with E-state index in [0.29, 0.717) is 42.6 Å². The van der Waals surface area contributed by atoms with Gasteiger partial charge >= 0.3 is 0 Å². The molecule has 1 aliphatic carbocycles. The first-order valence-electron chi connectivity index (χ1n) is 11.8. The highest BCUT2D eigenvalue weighted by atomic mass is 32.1. The van der Waals surface area contributed by atoms with E-state index in [0.717, 1.165) is 35.5 Å². The van der Waals surface area contributed by atoms with Gasteiger partial charge in [0.1, 0.15) is 11.6 Å². The molecule has 1 atom stereocenters. The minimum atomic E-state index is -0.279. The minimum Gasteiger partial charge on any atom is -0.497 e. The lowest BCUT2D eigenvalue weighted by atomic mass is 9.89. The summed E-state index contributed by atoms with van der Waals surface area (Å²) in [5.74, 6) is 0.0187. The highest BCUT2D eigenvalue weighted by molar-refractivity contribution is 7.16. The minimum absolute atomic E-state index is 0.100. The smallest absolute Gasteiger partial charge is 0.257 e. The zero-order valence-electron chi connectivity index (χ0n) is 19.5. The van der Waals surface area contributed by atoms with Crippen molar-refractivity contribution in [2.24, 2.45) is 0 Å². The molecule has 2 heterocycles. The van der Waals surface area contributed by atoms with Gasteiger partial charge in [-0.05, 0) is 67.8 Å². The molecule has 1 saturated heterocycles. The van der Waals surface area contributed by atoms with E-state index in [9.17, 15) is 14.0 Å². The van der Waals surface area contributed by atoms with E-state index in [2.05, 4.69) is 15.2 Å². The molecule has 5 rings (SSSR count). The molecule has 0 bridgehead atoms. The molecule has 9 heteroatoms. The number of carbonyl (C=O) groups is 2. The SMILES string of the molecule is COc1ccc(C(=O)Nc2nc3c(s2)CCCC3C(=O)N2CCN(c3ccc(F)cc3)CC2)cc1. The van der Waals surface area contributed by atoms with Crippen molar-refractivity contribution in [2.75, 3.05) is 43.5 Å². The van der Waals surface area contributed by atoms with Gasteiger partial charge < -0.3 is 14.5 Å².